The average Bonchev–Trinajstić information content (AvgIpc) is 3.04. The third kappa shape index (κ3) is 6.78. The van der Waals surface area contributed by atoms with E-state index in [4.69, 9.17) is 4.74 Å². The third-order valence-corrected chi connectivity index (χ3v) is 8.25. The van der Waals surface area contributed by atoms with E-state index < -0.39 is 18.0 Å². The maximum atomic E-state index is 13.4. The third-order valence-electron chi connectivity index (χ3n) is 8.25. The molecular weight excluding hydrogens is 584 g/mol. The predicted molar refractivity (Wildman–Crippen MR) is 173 cm³/mol. The Hall–Kier alpha value is -5.83. The highest BCUT2D eigenvalue weighted by atomic mass is 16.5. The SMILES string of the molecule is O=C(/C=C/c1ccc(O)c(O)c1)O[C@H](Cc1ccc(O)c(O)c1)C(=O)NC1CC(c2ccc(-c3ccnc4ccccc34)cc2)C1. The molecule has 6 rings (SSSR count). The largest absolute Gasteiger partial charge is 0.504 e. The number of rotatable bonds is 9. The molecule has 0 aliphatic heterocycles. The molecule has 0 saturated heterocycles. The number of carbonyl (C=O) groups excluding carboxylic acids is 2. The Morgan fingerprint density at radius 2 is 1.57 bits per heavy atom. The van der Waals surface area contributed by atoms with Crippen LogP contribution in [0.2, 0.25) is 0 Å². The van der Waals surface area contributed by atoms with Crippen LogP contribution in [0.25, 0.3) is 28.1 Å². The Morgan fingerprint density at radius 3 is 2.30 bits per heavy atom. The summed E-state index contributed by atoms with van der Waals surface area (Å²) in [6.07, 6.45) is 4.56. The van der Waals surface area contributed by atoms with Gasteiger partial charge in [-0.25, -0.2) is 4.79 Å². The first-order valence-electron chi connectivity index (χ1n) is 14.9. The Labute approximate surface area is 265 Å². The molecule has 0 unspecified atom stereocenters. The van der Waals surface area contributed by atoms with Crippen LogP contribution in [0, 0.1) is 0 Å². The average molecular weight is 617 g/mol. The second-order valence-electron chi connectivity index (χ2n) is 11.4. The van der Waals surface area contributed by atoms with Gasteiger partial charge in [0.1, 0.15) is 0 Å². The van der Waals surface area contributed by atoms with Crippen molar-refractivity contribution < 1.29 is 34.8 Å². The minimum Gasteiger partial charge on any atom is -0.504 e. The molecule has 0 bridgehead atoms. The summed E-state index contributed by atoms with van der Waals surface area (Å²) in [5.41, 5.74) is 5.29. The fraction of sp³-hybridized carbons (Fsp3) is 0.162. The van der Waals surface area contributed by atoms with E-state index in [1.54, 1.807) is 0 Å². The summed E-state index contributed by atoms with van der Waals surface area (Å²) in [6.45, 7) is 0. The van der Waals surface area contributed by atoms with Gasteiger partial charge < -0.3 is 30.5 Å². The fourth-order valence-corrected chi connectivity index (χ4v) is 5.67. The van der Waals surface area contributed by atoms with Gasteiger partial charge in [0.15, 0.2) is 29.1 Å². The molecule has 1 saturated carbocycles. The summed E-state index contributed by atoms with van der Waals surface area (Å²) < 4.78 is 5.53. The van der Waals surface area contributed by atoms with Gasteiger partial charge in [-0.2, -0.15) is 0 Å². The topological polar surface area (TPSA) is 149 Å². The van der Waals surface area contributed by atoms with Crippen LogP contribution in [-0.2, 0) is 20.7 Å². The van der Waals surface area contributed by atoms with Gasteiger partial charge in [-0.3, -0.25) is 9.78 Å². The molecule has 9 nitrogen and oxygen atoms in total. The van der Waals surface area contributed by atoms with E-state index >= 15 is 0 Å². The van der Waals surface area contributed by atoms with E-state index in [0.717, 1.165) is 40.9 Å². The number of esters is 1. The number of hydrogen-bond donors (Lipinski definition) is 5. The van der Waals surface area contributed by atoms with Gasteiger partial charge in [-0.15, -0.1) is 0 Å². The second kappa shape index (κ2) is 13.0. The van der Waals surface area contributed by atoms with Crippen LogP contribution in [0.1, 0.15) is 35.4 Å². The van der Waals surface area contributed by atoms with E-state index in [1.807, 2.05) is 30.5 Å². The maximum absolute atomic E-state index is 13.4. The molecule has 1 amide bonds. The van der Waals surface area contributed by atoms with Crippen molar-refractivity contribution in [2.75, 3.05) is 0 Å². The van der Waals surface area contributed by atoms with Gasteiger partial charge in [-0.05, 0) is 89.1 Å². The zero-order valence-electron chi connectivity index (χ0n) is 24.7. The standard InChI is InChI=1S/C37H32N2O7/c40-31-12-5-22(17-33(31)42)7-14-36(44)46-35(19-23-6-13-32(41)34(43)18-23)37(45)39-27-20-26(21-27)24-8-10-25(11-9-24)28-15-16-38-30-4-2-1-3-29(28)30/h1-18,26-27,35,40-43H,19-21H2,(H,39,45)/b14-7+/t26?,27?,35-/m1/s1. The number of amides is 1. The quantitative estimate of drug-likeness (QED) is 0.0775. The molecule has 46 heavy (non-hydrogen) atoms. The van der Waals surface area contributed by atoms with Gasteiger partial charge >= 0.3 is 5.97 Å². The Kier molecular flexibility index (Phi) is 8.56. The molecule has 1 heterocycles. The molecule has 5 aromatic rings. The van der Waals surface area contributed by atoms with Crippen LogP contribution in [0.4, 0.5) is 0 Å². The van der Waals surface area contributed by atoms with Gasteiger partial charge in [0.2, 0.25) is 0 Å². The minimum absolute atomic E-state index is 0.0272. The predicted octanol–water partition coefficient (Wildman–Crippen LogP) is 5.95. The van der Waals surface area contributed by atoms with Crippen molar-refractivity contribution in [3.8, 4) is 34.1 Å². The highest BCUT2D eigenvalue weighted by Crippen LogP contribution is 2.38. The van der Waals surface area contributed by atoms with E-state index in [9.17, 15) is 30.0 Å². The number of phenols is 4. The summed E-state index contributed by atoms with van der Waals surface area (Å²) in [4.78, 5) is 30.5. The lowest BCUT2D eigenvalue weighted by molar-refractivity contribution is -0.151. The summed E-state index contributed by atoms with van der Waals surface area (Å²) in [7, 11) is 0. The summed E-state index contributed by atoms with van der Waals surface area (Å²) in [6, 6.07) is 26.6. The number of aromatic hydroxyl groups is 4. The number of benzene rings is 4. The number of carbonyl (C=O) groups is 2. The first-order chi connectivity index (χ1) is 22.2. The molecule has 232 valence electrons. The number of aromatic nitrogens is 1. The first kappa shape index (κ1) is 30.2. The first-order valence-corrected chi connectivity index (χ1v) is 14.9. The molecule has 5 N–H and O–H groups in total. The van der Waals surface area contributed by atoms with Crippen molar-refractivity contribution in [2.45, 2.75) is 37.3 Å². The van der Waals surface area contributed by atoms with Crippen molar-refractivity contribution in [1.82, 2.24) is 10.3 Å². The van der Waals surface area contributed by atoms with Crippen LogP contribution in [0.15, 0.2) is 103 Å². The zero-order valence-corrected chi connectivity index (χ0v) is 24.7. The summed E-state index contributed by atoms with van der Waals surface area (Å²) in [5.74, 6) is -2.26. The molecule has 1 fully saturated rings. The van der Waals surface area contributed by atoms with E-state index in [1.165, 1.54) is 48.0 Å². The van der Waals surface area contributed by atoms with Gasteiger partial charge in [0.05, 0.1) is 5.52 Å². The molecular formula is C37H32N2O7. The van der Waals surface area contributed by atoms with E-state index in [-0.39, 0.29) is 41.4 Å². The van der Waals surface area contributed by atoms with Crippen molar-refractivity contribution in [2.24, 2.45) is 0 Å². The molecule has 1 aliphatic rings. The van der Waals surface area contributed by atoms with Gasteiger partial charge in [-0.1, -0.05) is 54.6 Å². The van der Waals surface area contributed by atoms with Crippen LogP contribution >= 0.6 is 0 Å². The van der Waals surface area contributed by atoms with E-state index in [0.29, 0.717) is 11.1 Å². The Morgan fingerprint density at radius 1 is 0.848 bits per heavy atom. The zero-order chi connectivity index (χ0) is 32.2. The highest BCUT2D eigenvalue weighted by Gasteiger charge is 2.34. The molecule has 1 aliphatic carbocycles. The normalized spacial score (nSPS) is 16.5. The lowest BCUT2D eigenvalue weighted by atomic mass is 9.75. The minimum atomic E-state index is -1.21. The fourth-order valence-electron chi connectivity index (χ4n) is 5.67. The number of pyridine rings is 1. The number of phenolic OH excluding ortho intramolecular Hbond substituents is 4. The van der Waals surface area contributed by atoms with Crippen molar-refractivity contribution in [1.29, 1.82) is 0 Å². The number of fused-ring (bicyclic) bond motifs is 1. The van der Waals surface area contributed by atoms with Crippen LogP contribution < -0.4 is 5.32 Å². The second-order valence-corrected chi connectivity index (χ2v) is 11.4. The van der Waals surface area contributed by atoms with Crippen molar-refractivity contribution in [3.63, 3.8) is 0 Å². The van der Waals surface area contributed by atoms with Crippen LogP contribution in [0.5, 0.6) is 23.0 Å². The molecule has 1 atom stereocenters. The lowest BCUT2D eigenvalue weighted by Crippen LogP contribution is -2.48. The van der Waals surface area contributed by atoms with Crippen molar-refractivity contribution in [3.05, 3.63) is 120 Å². The summed E-state index contributed by atoms with van der Waals surface area (Å²) in [5, 5.41) is 42.9. The van der Waals surface area contributed by atoms with Gasteiger partial charge in [0, 0.05) is 30.1 Å². The van der Waals surface area contributed by atoms with Crippen LogP contribution in [-0.4, -0.2) is 49.4 Å². The number of ether oxygens (including phenoxy) is 1. The summed E-state index contributed by atoms with van der Waals surface area (Å²) >= 11 is 0. The Balaban J connectivity index is 1.10. The number of nitrogens with one attached hydrogen (secondary N) is 1. The molecule has 0 radical (unpaired) electrons. The lowest BCUT2D eigenvalue weighted by Gasteiger charge is -2.37. The van der Waals surface area contributed by atoms with Gasteiger partial charge in [0.25, 0.3) is 5.91 Å². The monoisotopic (exact) mass is 616 g/mol. The Bertz CT molecular complexity index is 1930. The molecule has 0 spiro atoms. The smallest absolute Gasteiger partial charge is 0.331 e. The highest BCUT2D eigenvalue weighted by molar-refractivity contribution is 5.94. The molecule has 4 aromatic carbocycles. The van der Waals surface area contributed by atoms with Crippen molar-refractivity contribution >= 4 is 28.9 Å². The number of hydrogen-bond acceptors (Lipinski definition) is 8. The maximum Gasteiger partial charge on any atom is 0.331 e. The molecule has 1 aromatic heterocycles. The van der Waals surface area contributed by atoms with Crippen LogP contribution in [0.3, 0.4) is 0 Å². The van der Waals surface area contributed by atoms with E-state index in [2.05, 4.69) is 40.6 Å². The number of nitrogens with zero attached hydrogens (tertiary/aromatic N) is 1. The molecule has 9 heteroatoms. The number of para-hydroxylation sites is 1.